The maximum absolute atomic E-state index is 13.7. The number of halogens is 6. The van der Waals surface area contributed by atoms with E-state index in [9.17, 15) is 22.0 Å². The molecule has 0 bridgehead atoms. The Morgan fingerprint density at radius 1 is 0.750 bits per heavy atom. The van der Waals surface area contributed by atoms with E-state index in [1.165, 1.54) is 0 Å². The number of rotatable bonds is 2. The Bertz CT molecular complexity index is 651. The van der Waals surface area contributed by atoms with Gasteiger partial charge in [-0.2, -0.15) is 0 Å². The summed E-state index contributed by atoms with van der Waals surface area (Å²) in [7, 11) is 0. The highest BCUT2D eigenvalue weighted by Gasteiger charge is 2.23. The topological polar surface area (TPSA) is 26.0 Å². The van der Waals surface area contributed by atoms with Gasteiger partial charge in [0.1, 0.15) is 17.5 Å². The second-order valence-electron chi connectivity index (χ2n) is 4.05. The van der Waals surface area contributed by atoms with Crippen LogP contribution in [-0.4, -0.2) is 0 Å². The molecular weight excluding hydrogens is 345 g/mol. The lowest BCUT2D eigenvalue weighted by molar-refractivity contribution is 0.483. The van der Waals surface area contributed by atoms with E-state index in [0.717, 1.165) is 12.1 Å². The molecule has 0 spiro atoms. The van der Waals surface area contributed by atoms with E-state index in [2.05, 4.69) is 15.9 Å². The summed E-state index contributed by atoms with van der Waals surface area (Å²) in [6, 6.07) is 1.04. The van der Waals surface area contributed by atoms with Crippen LogP contribution in [0.2, 0.25) is 0 Å². The maximum atomic E-state index is 13.7. The predicted octanol–water partition coefficient (Wildman–Crippen LogP) is 4.19. The molecule has 1 unspecified atom stereocenters. The fourth-order valence-corrected chi connectivity index (χ4v) is 2.18. The van der Waals surface area contributed by atoms with Gasteiger partial charge in [-0.1, -0.05) is 15.9 Å². The van der Waals surface area contributed by atoms with Gasteiger partial charge in [0.15, 0.2) is 11.6 Å². The van der Waals surface area contributed by atoms with Crippen molar-refractivity contribution in [2.45, 2.75) is 6.04 Å². The van der Waals surface area contributed by atoms with Crippen LogP contribution >= 0.6 is 15.9 Å². The first-order valence-corrected chi connectivity index (χ1v) is 6.15. The molecular formula is C13H7BrF5N. The molecule has 1 nitrogen and oxygen atoms in total. The third-order valence-electron chi connectivity index (χ3n) is 2.73. The lowest BCUT2D eigenvalue weighted by Gasteiger charge is -2.16. The van der Waals surface area contributed by atoms with Crippen LogP contribution in [0, 0.1) is 29.1 Å². The van der Waals surface area contributed by atoms with Crippen molar-refractivity contribution < 1.29 is 22.0 Å². The van der Waals surface area contributed by atoms with Crippen LogP contribution in [0.1, 0.15) is 17.2 Å². The quantitative estimate of drug-likeness (QED) is 0.637. The summed E-state index contributed by atoms with van der Waals surface area (Å²) >= 11 is 2.88. The van der Waals surface area contributed by atoms with Crippen LogP contribution < -0.4 is 5.73 Å². The lowest BCUT2D eigenvalue weighted by Crippen LogP contribution is -2.18. The van der Waals surface area contributed by atoms with Crippen molar-refractivity contribution in [1.82, 2.24) is 0 Å². The Morgan fingerprint density at radius 3 is 1.80 bits per heavy atom. The van der Waals surface area contributed by atoms with E-state index in [0.29, 0.717) is 6.07 Å². The third kappa shape index (κ3) is 2.69. The predicted molar refractivity (Wildman–Crippen MR) is 66.4 cm³/mol. The van der Waals surface area contributed by atoms with Gasteiger partial charge in [0, 0.05) is 21.7 Å². The van der Waals surface area contributed by atoms with Crippen molar-refractivity contribution in [3.63, 3.8) is 0 Å². The lowest BCUT2D eigenvalue weighted by atomic mass is 9.98. The zero-order valence-electron chi connectivity index (χ0n) is 9.73. The SMILES string of the molecule is NC(c1cc(F)c(F)cc1F)c1c(F)cc(Br)cc1F. The molecule has 2 N–H and O–H groups in total. The highest BCUT2D eigenvalue weighted by Crippen LogP contribution is 2.29. The van der Waals surface area contributed by atoms with E-state index in [1.54, 1.807) is 0 Å². The fourth-order valence-electron chi connectivity index (χ4n) is 1.78. The Morgan fingerprint density at radius 2 is 1.25 bits per heavy atom. The first kappa shape index (κ1) is 14.9. The van der Waals surface area contributed by atoms with Gasteiger partial charge in [-0.05, 0) is 18.2 Å². The van der Waals surface area contributed by atoms with E-state index < -0.39 is 46.3 Å². The van der Waals surface area contributed by atoms with Gasteiger partial charge in [0.05, 0.1) is 6.04 Å². The van der Waals surface area contributed by atoms with Crippen molar-refractivity contribution in [3.05, 3.63) is 69.0 Å². The summed E-state index contributed by atoms with van der Waals surface area (Å²) in [5.74, 6) is -5.98. The molecule has 1 atom stereocenters. The molecule has 7 heteroatoms. The van der Waals surface area contributed by atoms with Gasteiger partial charge in [-0.3, -0.25) is 0 Å². The van der Waals surface area contributed by atoms with E-state index in [4.69, 9.17) is 5.73 Å². The smallest absolute Gasteiger partial charge is 0.161 e. The molecule has 0 saturated heterocycles. The molecule has 0 aliphatic carbocycles. The van der Waals surface area contributed by atoms with E-state index in [-0.39, 0.29) is 10.5 Å². The molecule has 0 aliphatic heterocycles. The molecule has 2 aromatic carbocycles. The maximum Gasteiger partial charge on any atom is 0.161 e. The Labute approximate surface area is 119 Å². The van der Waals surface area contributed by atoms with Crippen LogP contribution in [0.5, 0.6) is 0 Å². The zero-order chi connectivity index (χ0) is 15.0. The van der Waals surface area contributed by atoms with Crippen LogP contribution in [0.25, 0.3) is 0 Å². The van der Waals surface area contributed by atoms with Crippen LogP contribution in [-0.2, 0) is 0 Å². The molecule has 2 rings (SSSR count). The number of hydrogen-bond acceptors (Lipinski definition) is 1. The van der Waals surface area contributed by atoms with Gasteiger partial charge in [-0.15, -0.1) is 0 Å². The highest BCUT2D eigenvalue weighted by atomic mass is 79.9. The zero-order valence-corrected chi connectivity index (χ0v) is 11.3. The molecule has 0 aromatic heterocycles. The summed E-state index contributed by atoms with van der Waals surface area (Å²) in [6.45, 7) is 0. The first-order valence-electron chi connectivity index (χ1n) is 5.35. The molecule has 0 radical (unpaired) electrons. The molecule has 0 amide bonds. The minimum absolute atomic E-state index is 0.134. The minimum Gasteiger partial charge on any atom is -0.320 e. The summed E-state index contributed by atoms with van der Waals surface area (Å²) in [5.41, 5.74) is 4.40. The Hall–Kier alpha value is -1.47. The average Bonchev–Trinajstić information content (AvgIpc) is 2.32. The first-order chi connectivity index (χ1) is 9.31. The van der Waals surface area contributed by atoms with Crippen molar-refractivity contribution in [2.75, 3.05) is 0 Å². The molecule has 0 heterocycles. The highest BCUT2D eigenvalue weighted by molar-refractivity contribution is 9.10. The summed E-state index contributed by atoms with van der Waals surface area (Å²) in [5, 5.41) is 0. The third-order valence-corrected chi connectivity index (χ3v) is 3.19. The normalized spacial score (nSPS) is 12.6. The van der Waals surface area contributed by atoms with Crippen molar-refractivity contribution in [1.29, 1.82) is 0 Å². The van der Waals surface area contributed by atoms with Crippen LogP contribution in [0.4, 0.5) is 22.0 Å². The van der Waals surface area contributed by atoms with Crippen molar-refractivity contribution >= 4 is 15.9 Å². The number of benzene rings is 2. The Kier molecular flexibility index (Phi) is 4.10. The molecule has 20 heavy (non-hydrogen) atoms. The molecule has 106 valence electrons. The van der Waals surface area contributed by atoms with E-state index in [1.807, 2.05) is 0 Å². The monoisotopic (exact) mass is 351 g/mol. The molecule has 0 fully saturated rings. The minimum atomic E-state index is -1.60. The standard InChI is InChI=1S/C13H7BrF5N/c14-5-1-10(18)12(11(19)2-5)13(20)6-3-8(16)9(17)4-7(6)15/h1-4,13H,20H2. The van der Waals surface area contributed by atoms with Gasteiger partial charge in [0.2, 0.25) is 0 Å². The van der Waals surface area contributed by atoms with Crippen molar-refractivity contribution in [3.8, 4) is 0 Å². The van der Waals surface area contributed by atoms with Crippen LogP contribution in [0.15, 0.2) is 28.7 Å². The van der Waals surface area contributed by atoms with Crippen molar-refractivity contribution in [2.24, 2.45) is 5.73 Å². The summed E-state index contributed by atoms with van der Waals surface area (Å²) in [6.07, 6.45) is 0. The molecule has 2 aromatic rings. The summed E-state index contributed by atoms with van der Waals surface area (Å²) < 4.78 is 67.1. The largest absolute Gasteiger partial charge is 0.320 e. The molecule has 0 saturated carbocycles. The fraction of sp³-hybridized carbons (Fsp3) is 0.0769. The van der Waals surface area contributed by atoms with Gasteiger partial charge in [0.25, 0.3) is 0 Å². The van der Waals surface area contributed by atoms with Gasteiger partial charge >= 0.3 is 0 Å². The van der Waals surface area contributed by atoms with Gasteiger partial charge in [-0.25, -0.2) is 22.0 Å². The second kappa shape index (κ2) is 5.49. The summed E-state index contributed by atoms with van der Waals surface area (Å²) in [4.78, 5) is 0. The van der Waals surface area contributed by atoms with E-state index >= 15 is 0 Å². The number of hydrogen-bond donors (Lipinski definition) is 1. The molecule has 0 aliphatic rings. The Balaban J connectivity index is 2.57. The average molecular weight is 352 g/mol. The second-order valence-corrected chi connectivity index (χ2v) is 4.96. The van der Waals surface area contributed by atoms with Gasteiger partial charge < -0.3 is 5.73 Å². The number of nitrogens with two attached hydrogens (primary N) is 1. The van der Waals surface area contributed by atoms with Crippen LogP contribution in [0.3, 0.4) is 0 Å².